The molecule has 3 nitrogen and oxygen atoms in total. The molecular formula is C64H47NO2. The Morgan fingerprint density at radius 3 is 2.28 bits per heavy atom. The maximum Gasteiger partial charge on any atom is 0.135 e. The molecule has 0 amide bonds. The van der Waals surface area contributed by atoms with Crippen LogP contribution in [0, 0.1) is 0 Å². The molecule has 0 radical (unpaired) electrons. The number of allylic oxidation sites excluding steroid dienone is 6. The van der Waals surface area contributed by atoms with Gasteiger partial charge in [0.1, 0.15) is 23.0 Å². The van der Waals surface area contributed by atoms with Crippen LogP contribution in [0.25, 0.3) is 82.8 Å². The molecule has 3 heterocycles. The zero-order chi connectivity index (χ0) is 44.2. The average Bonchev–Trinajstić information content (AvgIpc) is 4.07. The first-order chi connectivity index (χ1) is 33.1. The minimum Gasteiger partial charge on any atom is -0.485 e. The molecule has 3 heteroatoms. The predicted octanol–water partition coefficient (Wildman–Crippen LogP) is 16.7. The third-order valence-electron chi connectivity index (χ3n) is 15.4. The second-order valence-corrected chi connectivity index (χ2v) is 19.0. The van der Waals surface area contributed by atoms with Crippen LogP contribution >= 0.6 is 0 Å². The van der Waals surface area contributed by atoms with E-state index in [1.54, 1.807) is 0 Å². The summed E-state index contributed by atoms with van der Waals surface area (Å²) in [6, 6.07) is 61.4. The fourth-order valence-electron chi connectivity index (χ4n) is 12.1. The number of benzene rings is 8. The quantitative estimate of drug-likeness (QED) is 0.167. The largest absolute Gasteiger partial charge is 0.485 e. The highest BCUT2D eigenvalue weighted by molar-refractivity contribution is 6.22. The third kappa shape index (κ3) is 6.04. The number of ether oxygens (including phenoxy) is 1. The molecule has 0 saturated heterocycles. The third-order valence-corrected chi connectivity index (χ3v) is 15.4. The van der Waals surface area contributed by atoms with Gasteiger partial charge in [0.05, 0.1) is 11.0 Å². The van der Waals surface area contributed by atoms with Gasteiger partial charge in [-0.05, 0) is 129 Å². The second kappa shape index (κ2) is 15.1. The minimum absolute atomic E-state index is 0.0356. The van der Waals surface area contributed by atoms with Gasteiger partial charge in [-0.1, -0.05) is 171 Å². The molecule has 0 bridgehead atoms. The Bertz CT molecular complexity index is 3780. The zero-order valence-electron chi connectivity index (χ0n) is 37.3. The molecule has 0 fully saturated rings. The maximum absolute atomic E-state index is 6.64. The Kier molecular flexibility index (Phi) is 8.64. The molecule has 0 N–H and O–H groups in total. The van der Waals surface area contributed by atoms with Gasteiger partial charge in [-0.25, -0.2) is 0 Å². The number of rotatable bonds is 6. The summed E-state index contributed by atoms with van der Waals surface area (Å²) in [7, 11) is 0. The molecule has 2 aromatic heterocycles. The first-order valence-electron chi connectivity index (χ1n) is 23.9. The summed E-state index contributed by atoms with van der Waals surface area (Å²) < 4.78 is 15.5. The standard InChI is InChI=1S/C64H47NO2/c1-39(40-25-27-42(28-26-40)44-17-11-16-43(35-44)41-13-3-2-4-14-41)54-36-45-15-5-6-18-48(45)62-53(54)32-33-57-64(62)63-49(46-29-31-52-50-19-7-9-23-58(50)67-61(52)37-46)21-12-22-56(63)65(57)47-30-34-60-55(38-47)51-20-8-10-24-59(51)66-60/h2-13,15-35,37-39,41,50,54,58H,14,36H2,1H3. The van der Waals surface area contributed by atoms with Gasteiger partial charge in [-0.15, -0.1) is 0 Å². The van der Waals surface area contributed by atoms with Crippen molar-refractivity contribution in [1.82, 2.24) is 4.57 Å². The van der Waals surface area contributed by atoms with Crippen LogP contribution in [0.15, 0.2) is 217 Å². The van der Waals surface area contributed by atoms with E-state index in [1.165, 1.54) is 77.4 Å². The molecular weight excluding hydrogens is 815 g/mol. The van der Waals surface area contributed by atoms with Crippen molar-refractivity contribution in [2.24, 2.45) is 0 Å². The van der Waals surface area contributed by atoms with E-state index < -0.39 is 0 Å². The highest BCUT2D eigenvalue weighted by Crippen LogP contribution is 2.53. The van der Waals surface area contributed by atoms with Crippen molar-refractivity contribution in [3.63, 3.8) is 0 Å². The van der Waals surface area contributed by atoms with Gasteiger partial charge < -0.3 is 13.7 Å². The van der Waals surface area contributed by atoms with Crippen LogP contribution in [0.1, 0.15) is 64.8 Å². The number of aromatic nitrogens is 1. The molecule has 1 aliphatic heterocycles. The molecule has 14 rings (SSSR count). The lowest BCUT2D eigenvalue weighted by Gasteiger charge is -2.33. The van der Waals surface area contributed by atoms with Crippen LogP contribution in [0.3, 0.4) is 0 Å². The number of hydrogen-bond acceptors (Lipinski definition) is 2. The van der Waals surface area contributed by atoms with Crippen LogP contribution in [0.2, 0.25) is 0 Å². The zero-order valence-corrected chi connectivity index (χ0v) is 37.3. The lowest BCUT2D eigenvalue weighted by Crippen LogP contribution is -2.17. The lowest BCUT2D eigenvalue weighted by atomic mass is 9.70. The van der Waals surface area contributed by atoms with Gasteiger partial charge in [0.2, 0.25) is 0 Å². The summed E-state index contributed by atoms with van der Waals surface area (Å²) in [5.41, 5.74) is 19.7. The first-order valence-corrected chi connectivity index (χ1v) is 23.9. The molecule has 5 atom stereocenters. The van der Waals surface area contributed by atoms with Crippen LogP contribution in [0.5, 0.6) is 5.75 Å². The first kappa shape index (κ1) is 38.4. The van der Waals surface area contributed by atoms with Crippen molar-refractivity contribution in [1.29, 1.82) is 0 Å². The normalized spacial score (nSPS) is 19.4. The number of hydrogen-bond donors (Lipinski definition) is 0. The Labute approximate surface area is 390 Å². The Balaban J connectivity index is 0.954. The Morgan fingerprint density at radius 1 is 0.567 bits per heavy atom. The fraction of sp³-hybridized carbons (Fsp3) is 0.125. The summed E-state index contributed by atoms with van der Waals surface area (Å²) in [6.45, 7) is 2.44. The van der Waals surface area contributed by atoms with E-state index in [0.717, 1.165) is 51.8 Å². The smallest absolute Gasteiger partial charge is 0.135 e. The molecule has 8 aromatic carbocycles. The number of furan rings is 1. The van der Waals surface area contributed by atoms with Crippen LogP contribution in [-0.4, -0.2) is 10.7 Å². The lowest BCUT2D eigenvalue weighted by molar-refractivity contribution is 0.269. The van der Waals surface area contributed by atoms with Crippen molar-refractivity contribution < 1.29 is 9.15 Å². The highest BCUT2D eigenvalue weighted by atomic mass is 16.5. The van der Waals surface area contributed by atoms with Gasteiger partial charge in [0, 0.05) is 44.6 Å². The van der Waals surface area contributed by atoms with E-state index in [0.29, 0.717) is 5.92 Å². The second-order valence-electron chi connectivity index (χ2n) is 19.0. The molecule has 10 aromatic rings. The average molecular weight is 862 g/mol. The Hall–Kier alpha value is -7.88. The molecule has 4 aliphatic rings. The van der Waals surface area contributed by atoms with Crippen molar-refractivity contribution in [3.8, 4) is 44.8 Å². The van der Waals surface area contributed by atoms with Crippen molar-refractivity contribution in [2.75, 3.05) is 0 Å². The topological polar surface area (TPSA) is 27.3 Å². The maximum atomic E-state index is 6.64. The molecule has 0 spiro atoms. The van der Waals surface area contributed by atoms with E-state index in [2.05, 4.69) is 218 Å². The van der Waals surface area contributed by atoms with E-state index in [-0.39, 0.29) is 23.9 Å². The van der Waals surface area contributed by atoms with E-state index >= 15 is 0 Å². The van der Waals surface area contributed by atoms with Gasteiger partial charge in [-0.2, -0.15) is 0 Å². The summed E-state index contributed by atoms with van der Waals surface area (Å²) in [5, 5.41) is 4.80. The SMILES string of the molecule is CC(c1ccc(-c2cccc(C3C=CC=CC3)c2)cc1)C1Cc2ccccc2-c2c1ccc1c2c2c(-c3ccc4c(c3)OC3C=CC=CC43)cccc2n1-c1ccc2oc3ccccc3c2c1. The van der Waals surface area contributed by atoms with Gasteiger partial charge in [0.15, 0.2) is 0 Å². The van der Waals surface area contributed by atoms with Gasteiger partial charge in [0.25, 0.3) is 0 Å². The Morgan fingerprint density at radius 2 is 1.36 bits per heavy atom. The monoisotopic (exact) mass is 861 g/mol. The van der Waals surface area contributed by atoms with Crippen LogP contribution in [0.4, 0.5) is 0 Å². The van der Waals surface area contributed by atoms with E-state index in [4.69, 9.17) is 9.15 Å². The van der Waals surface area contributed by atoms with Crippen molar-refractivity contribution in [3.05, 3.63) is 240 Å². The van der Waals surface area contributed by atoms with Gasteiger partial charge in [-0.3, -0.25) is 0 Å². The van der Waals surface area contributed by atoms with Crippen molar-refractivity contribution >= 4 is 43.7 Å². The molecule has 3 aliphatic carbocycles. The number of para-hydroxylation sites is 1. The molecule has 5 unspecified atom stereocenters. The fourth-order valence-corrected chi connectivity index (χ4v) is 12.1. The summed E-state index contributed by atoms with van der Waals surface area (Å²) in [4.78, 5) is 0. The number of nitrogens with zero attached hydrogens (tertiary/aromatic N) is 1. The summed E-state index contributed by atoms with van der Waals surface area (Å²) in [6.07, 6.45) is 19.7. The molecule has 0 saturated carbocycles. The highest BCUT2D eigenvalue weighted by Gasteiger charge is 2.35. The van der Waals surface area contributed by atoms with Crippen LogP contribution in [-0.2, 0) is 6.42 Å². The predicted molar refractivity (Wildman–Crippen MR) is 277 cm³/mol. The van der Waals surface area contributed by atoms with Crippen LogP contribution < -0.4 is 4.74 Å². The number of fused-ring (bicyclic) bond motifs is 13. The van der Waals surface area contributed by atoms with E-state index in [1.807, 2.05) is 6.07 Å². The van der Waals surface area contributed by atoms with Crippen molar-refractivity contribution in [2.45, 2.75) is 49.5 Å². The minimum atomic E-state index is 0.0356. The van der Waals surface area contributed by atoms with E-state index in [9.17, 15) is 0 Å². The summed E-state index contributed by atoms with van der Waals surface area (Å²) >= 11 is 0. The van der Waals surface area contributed by atoms with Gasteiger partial charge >= 0.3 is 0 Å². The summed E-state index contributed by atoms with van der Waals surface area (Å²) in [5.74, 6) is 2.19. The molecule has 67 heavy (non-hydrogen) atoms. The molecule has 320 valence electrons.